The van der Waals surface area contributed by atoms with Crippen molar-refractivity contribution in [2.45, 2.75) is 64.9 Å². The second-order valence-electron chi connectivity index (χ2n) is 7.87. The van der Waals surface area contributed by atoms with Crippen molar-refractivity contribution < 1.29 is 31.4 Å². The van der Waals surface area contributed by atoms with Gasteiger partial charge in [-0.15, -0.1) is 0 Å². The SMILES string of the molecule is CC1C(C)C2(C)CC1(C)CC2CC(O)(C(F)(F)F)C(F)(F)F. The summed E-state index contributed by atoms with van der Waals surface area (Å²) in [5, 5.41) is 9.47. The largest absolute Gasteiger partial charge is 0.426 e. The zero-order chi connectivity index (χ0) is 17.4. The first-order chi connectivity index (χ1) is 9.58. The first kappa shape index (κ1) is 17.9. The number of alkyl halides is 6. The van der Waals surface area contributed by atoms with Crippen molar-refractivity contribution in [3.05, 3.63) is 0 Å². The van der Waals surface area contributed by atoms with E-state index in [-0.39, 0.29) is 17.3 Å². The standard InChI is InChI=1S/C15H22F6O/c1-8-9(2)12(4)7-11(8,3)5-10(12)6-13(22,14(16,17)18)15(19,20)21/h8-10,22H,5-7H2,1-4H3. The number of fused-ring (bicyclic) bond motifs is 2. The Bertz CT molecular complexity index is 442. The molecule has 2 rings (SSSR count). The molecule has 2 bridgehead atoms. The molecule has 0 aromatic heterocycles. The quantitative estimate of drug-likeness (QED) is 0.710. The molecule has 2 aliphatic carbocycles. The van der Waals surface area contributed by atoms with E-state index in [0.29, 0.717) is 12.8 Å². The van der Waals surface area contributed by atoms with Gasteiger partial charge in [-0.1, -0.05) is 27.7 Å². The van der Waals surface area contributed by atoms with E-state index in [1.54, 1.807) is 6.92 Å². The zero-order valence-electron chi connectivity index (χ0n) is 13.1. The van der Waals surface area contributed by atoms with Crippen LogP contribution >= 0.6 is 0 Å². The van der Waals surface area contributed by atoms with Crippen LogP contribution < -0.4 is 0 Å². The van der Waals surface area contributed by atoms with Crippen molar-refractivity contribution in [3.8, 4) is 0 Å². The van der Waals surface area contributed by atoms with Gasteiger partial charge in [-0.05, 0) is 47.8 Å². The van der Waals surface area contributed by atoms with Gasteiger partial charge in [0.2, 0.25) is 0 Å². The molecule has 0 spiro atoms. The van der Waals surface area contributed by atoms with Crippen LogP contribution in [0, 0.1) is 28.6 Å². The van der Waals surface area contributed by atoms with Crippen molar-refractivity contribution in [2.24, 2.45) is 28.6 Å². The van der Waals surface area contributed by atoms with Gasteiger partial charge in [-0.25, -0.2) is 0 Å². The molecule has 1 N–H and O–H groups in total. The van der Waals surface area contributed by atoms with Gasteiger partial charge in [0.1, 0.15) is 0 Å². The highest BCUT2D eigenvalue weighted by molar-refractivity contribution is 5.13. The van der Waals surface area contributed by atoms with Crippen LogP contribution in [-0.4, -0.2) is 23.1 Å². The van der Waals surface area contributed by atoms with Crippen LogP contribution in [0.4, 0.5) is 26.3 Å². The Morgan fingerprint density at radius 1 is 0.955 bits per heavy atom. The molecule has 0 saturated heterocycles. The third kappa shape index (κ3) is 2.18. The lowest BCUT2D eigenvalue weighted by Crippen LogP contribution is -2.59. The van der Waals surface area contributed by atoms with Gasteiger partial charge in [0, 0.05) is 0 Å². The van der Waals surface area contributed by atoms with Gasteiger partial charge < -0.3 is 5.11 Å². The summed E-state index contributed by atoms with van der Waals surface area (Å²) >= 11 is 0. The van der Waals surface area contributed by atoms with Crippen LogP contribution in [0.25, 0.3) is 0 Å². The minimum absolute atomic E-state index is 0.0296. The van der Waals surface area contributed by atoms with E-state index in [2.05, 4.69) is 0 Å². The Labute approximate surface area is 126 Å². The molecular formula is C15H22F6O. The fraction of sp³-hybridized carbons (Fsp3) is 1.00. The Morgan fingerprint density at radius 2 is 1.41 bits per heavy atom. The highest BCUT2D eigenvalue weighted by Gasteiger charge is 2.73. The van der Waals surface area contributed by atoms with Gasteiger partial charge in [0.15, 0.2) is 0 Å². The fourth-order valence-electron chi connectivity index (χ4n) is 4.99. The molecule has 5 unspecified atom stereocenters. The lowest BCUT2D eigenvalue weighted by atomic mass is 9.61. The lowest BCUT2D eigenvalue weighted by Gasteiger charge is -2.45. The van der Waals surface area contributed by atoms with Gasteiger partial charge in [-0.3, -0.25) is 0 Å². The van der Waals surface area contributed by atoms with Gasteiger partial charge >= 0.3 is 12.4 Å². The summed E-state index contributed by atoms with van der Waals surface area (Å²) in [4.78, 5) is 0. The highest BCUT2D eigenvalue weighted by atomic mass is 19.4. The second-order valence-corrected chi connectivity index (χ2v) is 7.87. The predicted octanol–water partition coefficient (Wildman–Crippen LogP) is 4.94. The molecule has 130 valence electrons. The molecule has 22 heavy (non-hydrogen) atoms. The summed E-state index contributed by atoms with van der Waals surface area (Å²) in [6.07, 6.45) is -11.8. The third-order valence-corrected chi connectivity index (χ3v) is 6.80. The third-order valence-electron chi connectivity index (χ3n) is 6.80. The van der Waals surface area contributed by atoms with Crippen LogP contribution in [0.15, 0.2) is 0 Å². The molecule has 0 heterocycles. The number of halogens is 6. The molecule has 1 nitrogen and oxygen atoms in total. The normalized spacial score (nSPS) is 43.0. The average Bonchev–Trinajstić information content (AvgIpc) is 2.65. The van der Waals surface area contributed by atoms with Crippen molar-refractivity contribution in [1.29, 1.82) is 0 Å². The average molecular weight is 332 g/mol. The van der Waals surface area contributed by atoms with Gasteiger partial charge in [-0.2, -0.15) is 26.3 Å². The monoisotopic (exact) mass is 332 g/mol. The Morgan fingerprint density at radius 3 is 1.73 bits per heavy atom. The van der Waals surface area contributed by atoms with E-state index >= 15 is 0 Å². The number of rotatable bonds is 2. The maximum atomic E-state index is 12.9. The van der Waals surface area contributed by atoms with E-state index in [1.165, 1.54) is 0 Å². The Balaban J connectivity index is 2.35. The molecule has 0 amide bonds. The summed E-state index contributed by atoms with van der Waals surface area (Å²) in [5.74, 6) is -0.516. The summed E-state index contributed by atoms with van der Waals surface area (Å²) in [5.41, 5.74) is -5.48. The summed E-state index contributed by atoms with van der Waals surface area (Å²) in [6.45, 7) is 7.60. The van der Waals surface area contributed by atoms with Crippen LogP contribution in [0.5, 0.6) is 0 Å². The Kier molecular flexibility index (Phi) is 3.70. The molecule has 0 aromatic rings. The van der Waals surface area contributed by atoms with E-state index in [1.807, 2.05) is 20.8 Å². The molecule has 7 heteroatoms. The van der Waals surface area contributed by atoms with Crippen molar-refractivity contribution in [2.75, 3.05) is 0 Å². The van der Waals surface area contributed by atoms with Crippen molar-refractivity contribution >= 4 is 0 Å². The lowest BCUT2D eigenvalue weighted by molar-refractivity contribution is -0.374. The van der Waals surface area contributed by atoms with Crippen molar-refractivity contribution in [3.63, 3.8) is 0 Å². The first-order valence-corrected chi connectivity index (χ1v) is 7.44. The molecule has 2 fully saturated rings. The molecular weight excluding hydrogens is 310 g/mol. The number of hydrogen-bond donors (Lipinski definition) is 1. The van der Waals surface area contributed by atoms with Crippen molar-refractivity contribution in [1.82, 2.24) is 0 Å². The van der Waals surface area contributed by atoms with Crippen LogP contribution in [-0.2, 0) is 0 Å². The summed E-state index contributed by atoms with van der Waals surface area (Å²) in [7, 11) is 0. The number of aliphatic hydroxyl groups is 1. The van der Waals surface area contributed by atoms with Crippen LogP contribution in [0.1, 0.15) is 47.0 Å². The second kappa shape index (κ2) is 4.54. The summed E-state index contributed by atoms with van der Waals surface area (Å²) in [6, 6.07) is 0. The number of hydrogen-bond acceptors (Lipinski definition) is 1. The maximum absolute atomic E-state index is 12.9. The molecule has 0 aliphatic heterocycles. The minimum Gasteiger partial charge on any atom is -0.374 e. The van der Waals surface area contributed by atoms with Crippen LogP contribution in [0.3, 0.4) is 0 Å². The predicted molar refractivity (Wildman–Crippen MR) is 68.9 cm³/mol. The van der Waals surface area contributed by atoms with E-state index in [0.717, 1.165) is 0 Å². The van der Waals surface area contributed by atoms with E-state index < -0.39 is 35.7 Å². The van der Waals surface area contributed by atoms with Gasteiger partial charge in [0.25, 0.3) is 5.60 Å². The van der Waals surface area contributed by atoms with Gasteiger partial charge in [0.05, 0.1) is 0 Å². The van der Waals surface area contributed by atoms with Crippen LogP contribution in [0.2, 0.25) is 0 Å². The molecule has 2 aliphatic rings. The molecule has 2 saturated carbocycles. The van der Waals surface area contributed by atoms with E-state index in [9.17, 15) is 31.4 Å². The topological polar surface area (TPSA) is 20.2 Å². The molecule has 5 atom stereocenters. The molecule has 0 radical (unpaired) electrons. The highest BCUT2D eigenvalue weighted by Crippen LogP contribution is 2.71. The smallest absolute Gasteiger partial charge is 0.374 e. The Hall–Kier alpha value is -0.460. The fourth-order valence-corrected chi connectivity index (χ4v) is 4.99. The first-order valence-electron chi connectivity index (χ1n) is 7.44. The summed E-state index contributed by atoms with van der Waals surface area (Å²) < 4.78 is 77.5. The zero-order valence-corrected chi connectivity index (χ0v) is 13.1. The maximum Gasteiger partial charge on any atom is 0.426 e. The van der Waals surface area contributed by atoms with E-state index in [4.69, 9.17) is 0 Å². The minimum atomic E-state index is -5.72. The molecule has 0 aromatic carbocycles.